The predicted molar refractivity (Wildman–Crippen MR) is 112 cm³/mol. The Hall–Kier alpha value is -3.01. The molecule has 1 aliphatic rings. The molecule has 27 heavy (non-hydrogen) atoms. The highest BCUT2D eigenvalue weighted by Crippen LogP contribution is 2.21. The third-order valence-corrected chi connectivity index (χ3v) is 5.27. The Morgan fingerprint density at radius 1 is 0.889 bits per heavy atom. The van der Waals surface area contributed by atoms with Crippen molar-refractivity contribution < 1.29 is 4.79 Å². The van der Waals surface area contributed by atoms with E-state index in [-0.39, 0.29) is 5.91 Å². The summed E-state index contributed by atoms with van der Waals surface area (Å²) < 4.78 is 0. The van der Waals surface area contributed by atoms with Crippen LogP contribution in [0, 0.1) is 0 Å². The number of carbonyl (C=O) groups excluding carboxylic acids is 1. The van der Waals surface area contributed by atoms with Gasteiger partial charge in [-0.05, 0) is 46.7 Å². The maximum absolute atomic E-state index is 11.4. The van der Waals surface area contributed by atoms with Gasteiger partial charge in [-0.1, -0.05) is 36.4 Å². The number of carbonyl (C=O) groups is 1. The van der Waals surface area contributed by atoms with Crippen LogP contribution in [0.2, 0.25) is 0 Å². The number of rotatable bonds is 4. The van der Waals surface area contributed by atoms with E-state index < -0.39 is 0 Å². The average Bonchev–Trinajstić information content (AvgIpc) is 2.72. The number of piperazine rings is 1. The van der Waals surface area contributed by atoms with Crippen molar-refractivity contribution in [3.05, 3.63) is 72.3 Å². The van der Waals surface area contributed by atoms with E-state index >= 15 is 0 Å². The minimum atomic E-state index is 0.169. The van der Waals surface area contributed by atoms with Gasteiger partial charge < -0.3 is 15.1 Å². The minimum absolute atomic E-state index is 0.169. The highest BCUT2D eigenvalue weighted by molar-refractivity contribution is 5.83. The van der Waals surface area contributed by atoms with Gasteiger partial charge >= 0.3 is 0 Å². The monoisotopic (exact) mass is 359 g/mol. The molecule has 0 radical (unpaired) electrons. The van der Waals surface area contributed by atoms with Crippen molar-refractivity contribution in [3.8, 4) is 0 Å². The molecule has 1 aliphatic heterocycles. The molecule has 0 saturated carbocycles. The lowest BCUT2D eigenvalue weighted by Gasteiger charge is -2.35. The van der Waals surface area contributed by atoms with Gasteiger partial charge in [0.15, 0.2) is 0 Å². The van der Waals surface area contributed by atoms with Crippen LogP contribution in [0.5, 0.6) is 0 Å². The van der Waals surface area contributed by atoms with Crippen molar-refractivity contribution in [2.75, 3.05) is 36.4 Å². The highest BCUT2D eigenvalue weighted by atomic mass is 16.2. The summed E-state index contributed by atoms with van der Waals surface area (Å²) >= 11 is 0. The summed E-state index contributed by atoms with van der Waals surface area (Å²) in [5.74, 6) is 0.169. The number of nitrogens with one attached hydrogen (secondary N) is 1. The van der Waals surface area contributed by atoms with Gasteiger partial charge in [0.25, 0.3) is 0 Å². The molecular weight excluding hydrogens is 334 g/mol. The van der Waals surface area contributed by atoms with Crippen LogP contribution >= 0.6 is 0 Å². The zero-order valence-electron chi connectivity index (χ0n) is 15.7. The summed E-state index contributed by atoms with van der Waals surface area (Å²) in [6.07, 6.45) is 0. The Morgan fingerprint density at radius 2 is 1.59 bits per heavy atom. The Kier molecular flexibility index (Phi) is 4.97. The molecule has 1 N–H and O–H groups in total. The normalized spacial score (nSPS) is 14.4. The molecule has 0 unspecified atom stereocenters. The fourth-order valence-corrected chi connectivity index (χ4v) is 3.62. The van der Waals surface area contributed by atoms with Crippen LogP contribution < -0.4 is 10.2 Å². The first-order valence-corrected chi connectivity index (χ1v) is 9.51. The maximum Gasteiger partial charge on any atom is 0.219 e. The van der Waals surface area contributed by atoms with Crippen LogP contribution in [0.4, 0.5) is 11.4 Å². The molecule has 1 saturated heterocycles. The van der Waals surface area contributed by atoms with Gasteiger partial charge in [0.2, 0.25) is 5.91 Å². The molecular formula is C23H25N3O. The molecule has 1 fully saturated rings. The molecule has 0 bridgehead atoms. The van der Waals surface area contributed by atoms with E-state index in [4.69, 9.17) is 0 Å². The molecule has 1 amide bonds. The number of nitrogens with zero attached hydrogens (tertiary/aromatic N) is 2. The second-order valence-corrected chi connectivity index (χ2v) is 7.08. The Morgan fingerprint density at radius 3 is 2.30 bits per heavy atom. The fourth-order valence-electron chi connectivity index (χ4n) is 3.62. The average molecular weight is 359 g/mol. The highest BCUT2D eigenvalue weighted by Gasteiger charge is 2.18. The molecule has 1 heterocycles. The predicted octanol–water partition coefficient (Wildman–Crippen LogP) is 4.12. The van der Waals surface area contributed by atoms with Gasteiger partial charge in [0, 0.05) is 51.0 Å². The van der Waals surface area contributed by atoms with Crippen LogP contribution in [0.25, 0.3) is 10.8 Å². The molecule has 3 aromatic carbocycles. The number of anilines is 2. The first-order chi connectivity index (χ1) is 13.2. The molecule has 0 spiro atoms. The number of hydrogen-bond acceptors (Lipinski definition) is 3. The molecule has 0 aliphatic carbocycles. The zero-order chi connectivity index (χ0) is 18.6. The lowest BCUT2D eigenvalue weighted by atomic mass is 10.1. The van der Waals surface area contributed by atoms with Crippen molar-refractivity contribution in [2.24, 2.45) is 0 Å². The standard InChI is InChI=1S/C23H25N3O/c1-18(27)25-12-14-26(15-13-25)23-10-8-22(9-11-23)24-17-19-6-7-20-4-2-3-5-21(20)16-19/h2-11,16,24H,12-15,17H2,1H3. The van der Waals surface area contributed by atoms with Gasteiger partial charge in [0.1, 0.15) is 0 Å². The summed E-state index contributed by atoms with van der Waals surface area (Å²) in [7, 11) is 0. The Bertz CT molecular complexity index is 928. The quantitative estimate of drug-likeness (QED) is 0.761. The third-order valence-electron chi connectivity index (χ3n) is 5.27. The van der Waals surface area contributed by atoms with Gasteiger partial charge in [-0.2, -0.15) is 0 Å². The zero-order valence-corrected chi connectivity index (χ0v) is 15.7. The van der Waals surface area contributed by atoms with Crippen molar-refractivity contribution in [1.82, 2.24) is 4.90 Å². The van der Waals surface area contributed by atoms with E-state index in [9.17, 15) is 4.79 Å². The number of fused-ring (bicyclic) bond motifs is 1. The smallest absolute Gasteiger partial charge is 0.219 e. The second kappa shape index (κ2) is 7.70. The molecule has 0 aromatic heterocycles. The van der Waals surface area contributed by atoms with E-state index in [2.05, 4.69) is 76.9 Å². The van der Waals surface area contributed by atoms with E-state index in [0.717, 1.165) is 38.4 Å². The van der Waals surface area contributed by atoms with Crippen LogP contribution in [-0.2, 0) is 11.3 Å². The maximum atomic E-state index is 11.4. The molecule has 138 valence electrons. The lowest BCUT2D eigenvalue weighted by Crippen LogP contribution is -2.48. The molecule has 4 nitrogen and oxygen atoms in total. The first-order valence-electron chi connectivity index (χ1n) is 9.51. The Balaban J connectivity index is 1.35. The number of benzene rings is 3. The van der Waals surface area contributed by atoms with Crippen LogP contribution in [0.15, 0.2) is 66.7 Å². The second-order valence-electron chi connectivity index (χ2n) is 7.08. The number of hydrogen-bond donors (Lipinski definition) is 1. The van der Waals surface area contributed by atoms with Crippen molar-refractivity contribution in [2.45, 2.75) is 13.5 Å². The van der Waals surface area contributed by atoms with Gasteiger partial charge in [-0.25, -0.2) is 0 Å². The molecule has 4 rings (SSSR count). The molecule has 0 atom stereocenters. The summed E-state index contributed by atoms with van der Waals surface area (Å²) in [6, 6.07) is 23.6. The lowest BCUT2D eigenvalue weighted by molar-refractivity contribution is -0.129. The van der Waals surface area contributed by atoms with Crippen molar-refractivity contribution in [1.29, 1.82) is 0 Å². The number of amides is 1. The topological polar surface area (TPSA) is 35.6 Å². The van der Waals surface area contributed by atoms with Crippen molar-refractivity contribution in [3.63, 3.8) is 0 Å². The third kappa shape index (κ3) is 4.05. The van der Waals surface area contributed by atoms with E-state index in [0.29, 0.717) is 0 Å². The summed E-state index contributed by atoms with van der Waals surface area (Å²) in [5, 5.41) is 6.05. The van der Waals surface area contributed by atoms with Crippen LogP contribution in [0.1, 0.15) is 12.5 Å². The van der Waals surface area contributed by atoms with Crippen LogP contribution in [-0.4, -0.2) is 37.0 Å². The SMILES string of the molecule is CC(=O)N1CCN(c2ccc(NCc3ccc4ccccc4c3)cc2)CC1. The van der Waals surface area contributed by atoms with E-state index in [1.807, 2.05) is 4.90 Å². The summed E-state index contributed by atoms with van der Waals surface area (Å²) in [4.78, 5) is 15.7. The summed E-state index contributed by atoms with van der Waals surface area (Å²) in [5.41, 5.74) is 3.61. The first kappa shape index (κ1) is 17.4. The largest absolute Gasteiger partial charge is 0.381 e. The van der Waals surface area contributed by atoms with Gasteiger partial charge in [0.05, 0.1) is 0 Å². The fraction of sp³-hybridized carbons (Fsp3) is 0.261. The minimum Gasteiger partial charge on any atom is -0.381 e. The van der Waals surface area contributed by atoms with Crippen LogP contribution in [0.3, 0.4) is 0 Å². The van der Waals surface area contributed by atoms with Crippen molar-refractivity contribution >= 4 is 28.1 Å². The van der Waals surface area contributed by atoms with E-state index in [1.54, 1.807) is 6.92 Å². The molecule has 4 heteroatoms. The van der Waals surface area contributed by atoms with Gasteiger partial charge in [-0.3, -0.25) is 4.79 Å². The molecule has 3 aromatic rings. The summed E-state index contributed by atoms with van der Waals surface area (Å²) in [6.45, 7) is 5.84. The Labute approximate surface area is 160 Å². The van der Waals surface area contributed by atoms with E-state index in [1.165, 1.54) is 22.0 Å². The van der Waals surface area contributed by atoms with Gasteiger partial charge in [-0.15, -0.1) is 0 Å².